The van der Waals surface area contributed by atoms with Gasteiger partial charge in [0.15, 0.2) is 5.82 Å². The monoisotopic (exact) mass is 346 g/mol. The molecule has 10 nitrogen and oxygen atoms in total. The molecule has 1 aromatic carbocycles. The zero-order valence-electron chi connectivity index (χ0n) is 12.0. The number of nitro benzene ring substituents is 1. The van der Waals surface area contributed by atoms with E-state index in [2.05, 4.69) is 19.8 Å². The highest BCUT2D eigenvalue weighted by Gasteiger charge is 2.18. The van der Waals surface area contributed by atoms with Crippen LogP contribution in [0.3, 0.4) is 0 Å². The Kier molecular flexibility index (Phi) is 3.92. The van der Waals surface area contributed by atoms with Crippen LogP contribution in [0.4, 0.5) is 11.5 Å². The molecule has 0 atom stereocenters. The third-order valence-electron chi connectivity index (χ3n) is 2.97. The number of hydrogen-bond acceptors (Lipinski definition) is 7. The quantitative estimate of drug-likeness (QED) is 0.545. The molecule has 0 fully saturated rings. The fraction of sp³-hybridized carbons (Fsp3) is 0. The van der Waals surface area contributed by atoms with E-state index in [1.807, 2.05) is 0 Å². The molecule has 3 aromatic rings. The summed E-state index contributed by atoms with van der Waals surface area (Å²) >= 11 is 0. The van der Waals surface area contributed by atoms with Crippen LogP contribution < -0.4 is 4.72 Å². The Balaban J connectivity index is 1.91. The van der Waals surface area contributed by atoms with Gasteiger partial charge in [0.1, 0.15) is 12.1 Å². The minimum absolute atomic E-state index is 0.0157. The van der Waals surface area contributed by atoms with Crippen molar-refractivity contribution in [2.24, 2.45) is 0 Å². The van der Waals surface area contributed by atoms with E-state index in [4.69, 9.17) is 0 Å². The average molecular weight is 346 g/mol. The second-order valence-corrected chi connectivity index (χ2v) is 6.25. The van der Waals surface area contributed by atoms with E-state index in [1.54, 1.807) is 18.5 Å². The number of aromatic nitrogens is 4. The summed E-state index contributed by atoms with van der Waals surface area (Å²) in [5, 5.41) is 14.8. The second-order valence-electron chi connectivity index (χ2n) is 4.57. The number of anilines is 1. The molecule has 2 aromatic heterocycles. The van der Waals surface area contributed by atoms with Crippen LogP contribution in [0, 0.1) is 10.1 Å². The maximum absolute atomic E-state index is 12.4. The highest BCUT2D eigenvalue weighted by atomic mass is 32.2. The van der Waals surface area contributed by atoms with Crippen molar-refractivity contribution in [3.63, 3.8) is 0 Å². The predicted octanol–water partition coefficient (Wildman–Crippen LogP) is 1.37. The van der Waals surface area contributed by atoms with Crippen LogP contribution in [-0.4, -0.2) is 33.1 Å². The topological polar surface area (TPSA) is 133 Å². The van der Waals surface area contributed by atoms with Gasteiger partial charge in [-0.3, -0.25) is 14.8 Å². The van der Waals surface area contributed by atoms with Crippen LogP contribution >= 0.6 is 0 Å². The van der Waals surface area contributed by atoms with E-state index in [9.17, 15) is 18.5 Å². The Morgan fingerprint density at radius 1 is 1.17 bits per heavy atom. The molecule has 0 unspecified atom stereocenters. The lowest BCUT2D eigenvalue weighted by molar-refractivity contribution is -0.385. The summed E-state index contributed by atoms with van der Waals surface area (Å²) in [5.41, 5.74) is -0.321. The number of nitro groups is 1. The third-order valence-corrected chi connectivity index (χ3v) is 4.32. The van der Waals surface area contributed by atoms with Gasteiger partial charge in [-0.05, 0) is 12.1 Å². The van der Waals surface area contributed by atoms with Gasteiger partial charge in [-0.2, -0.15) is 5.10 Å². The number of sulfonamides is 1. The molecule has 3 rings (SSSR count). The van der Waals surface area contributed by atoms with Crippen LogP contribution in [0.25, 0.3) is 5.82 Å². The predicted molar refractivity (Wildman–Crippen MR) is 83.1 cm³/mol. The molecule has 0 aliphatic carbocycles. The molecule has 2 heterocycles. The summed E-state index contributed by atoms with van der Waals surface area (Å²) in [6.07, 6.45) is 4.37. The zero-order chi connectivity index (χ0) is 17.2. The van der Waals surface area contributed by atoms with E-state index in [0.717, 1.165) is 6.07 Å². The lowest BCUT2D eigenvalue weighted by Gasteiger charge is -2.08. The number of nitrogens with one attached hydrogen (secondary N) is 1. The van der Waals surface area contributed by atoms with Crippen LogP contribution in [-0.2, 0) is 10.0 Å². The number of non-ortho nitro benzene ring substituents is 1. The summed E-state index contributed by atoms with van der Waals surface area (Å²) in [6.45, 7) is 0. The van der Waals surface area contributed by atoms with Gasteiger partial charge in [-0.25, -0.2) is 23.1 Å². The van der Waals surface area contributed by atoms with E-state index in [0.29, 0.717) is 5.82 Å². The van der Waals surface area contributed by atoms with Crippen molar-refractivity contribution in [1.82, 2.24) is 19.7 Å². The van der Waals surface area contributed by atoms with Gasteiger partial charge in [-0.1, -0.05) is 6.07 Å². The van der Waals surface area contributed by atoms with E-state index < -0.39 is 14.9 Å². The minimum atomic E-state index is -4.03. The van der Waals surface area contributed by atoms with Crippen LogP contribution in [0.2, 0.25) is 0 Å². The van der Waals surface area contributed by atoms with E-state index in [-0.39, 0.29) is 16.4 Å². The highest BCUT2D eigenvalue weighted by Crippen LogP contribution is 2.20. The summed E-state index contributed by atoms with van der Waals surface area (Å²) in [5.74, 6) is 0.383. The first-order chi connectivity index (χ1) is 11.5. The highest BCUT2D eigenvalue weighted by molar-refractivity contribution is 7.92. The average Bonchev–Trinajstić information content (AvgIpc) is 3.09. The van der Waals surface area contributed by atoms with Gasteiger partial charge >= 0.3 is 0 Å². The summed E-state index contributed by atoms with van der Waals surface area (Å²) < 4.78 is 28.4. The van der Waals surface area contributed by atoms with Crippen molar-refractivity contribution in [3.05, 3.63) is 65.2 Å². The first-order valence-corrected chi connectivity index (χ1v) is 8.03. The molecule has 122 valence electrons. The lowest BCUT2D eigenvalue weighted by atomic mass is 10.3. The van der Waals surface area contributed by atoms with E-state index >= 15 is 0 Å². The standard InChI is InChI=1S/C13H10N6O4S/c20-19(21)10-3-1-4-11(7-10)24(22,23)17-12-8-13(15-9-14-12)18-6-2-5-16-18/h1-9H,(H,14,15,17). The number of nitrogens with zero attached hydrogens (tertiary/aromatic N) is 5. The van der Waals surface area contributed by atoms with Gasteiger partial charge < -0.3 is 0 Å². The molecular weight excluding hydrogens is 336 g/mol. The molecule has 0 radical (unpaired) electrons. The second kappa shape index (κ2) is 6.04. The van der Waals surface area contributed by atoms with Crippen LogP contribution in [0.1, 0.15) is 0 Å². The molecule has 0 saturated heterocycles. The SMILES string of the molecule is O=[N+]([O-])c1cccc(S(=O)(=O)Nc2cc(-n3cccn3)ncn2)c1. The molecule has 0 bridgehead atoms. The smallest absolute Gasteiger partial charge is 0.263 e. The maximum Gasteiger partial charge on any atom is 0.270 e. The van der Waals surface area contributed by atoms with Gasteiger partial charge in [0.2, 0.25) is 0 Å². The number of benzene rings is 1. The van der Waals surface area contributed by atoms with E-state index in [1.165, 1.54) is 35.3 Å². The molecule has 0 spiro atoms. The van der Waals surface area contributed by atoms with Crippen molar-refractivity contribution in [2.75, 3.05) is 4.72 Å². The molecule has 11 heteroatoms. The zero-order valence-corrected chi connectivity index (χ0v) is 12.8. The lowest BCUT2D eigenvalue weighted by Crippen LogP contribution is -2.14. The first kappa shape index (κ1) is 15.6. The van der Waals surface area contributed by atoms with Crippen molar-refractivity contribution < 1.29 is 13.3 Å². The molecule has 1 N–H and O–H groups in total. The number of hydrogen-bond donors (Lipinski definition) is 1. The molecule has 0 aliphatic heterocycles. The molecular formula is C13H10N6O4S. The maximum atomic E-state index is 12.4. The largest absolute Gasteiger partial charge is 0.270 e. The van der Waals surface area contributed by atoms with Crippen LogP contribution in [0.5, 0.6) is 0 Å². The fourth-order valence-corrected chi connectivity index (χ4v) is 2.93. The van der Waals surface area contributed by atoms with Gasteiger partial charge in [0.25, 0.3) is 15.7 Å². The first-order valence-electron chi connectivity index (χ1n) is 6.55. The molecule has 0 amide bonds. The molecule has 0 saturated carbocycles. The minimum Gasteiger partial charge on any atom is -0.263 e. The number of rotatable bonds is 5. The Morgan fingerprint density at radius 3 is 2.71 bits per heavy atom. The molecule has 0 aliphatic rings. The Bertz CT molecular complexity index is 987. The van der Waals surface area contributed by atoms with Crippen molar-refractivity contribution >= 4 is 21.5 Å². The van der Waals surface area contributed by atoms with Crippen molar-refractivity contribution in [3.8, 4) is 5.82 Å². The Labute approximate surface area is 136 Å². The van der Waals surface area contributed by atoms with Gasteiger partial charge in [-0.15, -0.1) is 0 Å². The van der Waals surface area contributed by atoms with Crippen LogP contribution in [0.15, 0.2) is 60.0 Å². The van der Waals surface area contributed by atoms with Crippen molar-refractivity contribution in [1.29, 1.82) is 0 Å². The Morgan fingerprint density at radius 2 is 2.00 bits per heavy atom. The Hall–Kier alpha value is -3.34. The van der Waals surface area contributed by atoms with Gasteiger partial charge in [0, 0.05) is 30.6 Å². The molecule has 24 heavy (non-hydrogen) atoms. The summed E-state index contributed by atoms with van der Waals surface area (Å²) in [4.78, 5) is 17.7. The normalized spacial score (nSPS) is 11.2. The third kappa shape index (κ3) is 3.20. The fourth-order valence-electron chi connectivity index (χ4n) is 1.89. The summed E-state index contributed by atoms with van der Waals surface area (Å²) in [6, 6.07) is 7.81. The van der Waals surface area contributed by atoms with Crippen molar-refractivity contribution in [2.45, 2.75) is 4.90 Å². The summed E-state index contributed by atoms with van der Waals surface area (Å²) in [7, 11) is -4.03. The van der Waals surface area contributed by atoms with Gasteiger partial charge in [0.05, 0.1) is 9.82 Å².